The van der Waals surface area contributed by atoms with Crippen molar-refractivity contribution in [3.63, 3.8) is 0 Å². The Balaban J connectivity index is 1.71. The summed E-state index contributed by atoms with van der Waals surface area (Å²) >= 11 is 3.49. The molecule has 0 atom stereocenters. The van der Waals surface area contributed by atoms with E-state index in [1.165, 1.54) is 5.69 Å². The van der Waals surface area contributed by atoms with E-state index in [0.717, 1.165) is 41.4 Å². The zero-order valence-electron chi connectivity index (χ0n) is 14.7. The molecule has 0 bridgehead atoms. The van der Waals surface area contributed by atoms with Gasteiger partial charge in [0.2, 0.25) is 0 Å². The Morgan fingerprint density at radius 1 is 1.29 bits per heavy atom. The number of rotatable bonds is 1. The predicted octanol–water partition coefficient (Wildman–Crippen LogP) is 4.45. The predicted molar refractivity (Wildman–Crippen MR) is 98.2 cm³/mol. The molecular weight excluding hydrogens is 370 g/mol. The van der Waals surface area contributed by atoms with E-state index in [4.69, 9.17) is 4.74 Å². The zero-order chi connectivity index (χ0) is 17.5. The minimum atomic E-state index is -0.442. The Labute approximate surface area is 151 Å². The van der Waals surface area contributed by atoms with E-state index in [2.05, 4.69) is 44.7 Å². The van der Waals surface area contributed by atoms with E-state index in [9.17, 15) is 4.79 Å². The topological polar surface area (TPSA) is 47.4 Å². The summed E-state index contributed by atoms with van der Waals surface area (Å²) in [4.78, 5) is 18.5. The number of nitrogens with zero attached hydrogens (tertiary/aromatic N) is 3. The second kappa shape index (κ2) is 6.39. The number of carbonyl (C=O) groups excluding carboxylic acids is 1. The van der Waals surface area contributed by atoms with Gasteiger partial charge >= 0.3 is 6.09 Å². The number of hydrogen-bond acceptors (Lipinski definition) is 3. The highest BCUT2D eigenvalue weighted by Crippen LogP contribution is 2.32. The molecule has 0 radical (unpaired) electrons. The summed E-state index contributed by atoms with van der Waals surface area (Å²) in [6.07, 6.45) is 3.52. The van der Waals surface area contributed by atoms with Crippen molar-refractivity contribution in [1.82, 2.24) is 14.5 Å². The summed E-state index contributed by atoms with van der Waals surface area (Å²) in [5.41, 5.74) is 3.00. The van der Waals surface area contributed by atoms with Crippen LogP contribution in [0.2, 0.25) is 0 Å². The Hall–Kier alpha value is -1.56. The number of piperidine rings is 1. The monoisotopic (exact) mass is 393 g/mol. The molecule has 0 aromatic carbocycles. The smallest absolute Gasteiger partial charge is 0.410 e. The van der Waals surface area contributed by atoms with Crippen molar-refractivity contribution in [2.75, 3.05) is 13.1 Å². The summed E-state index contributed by atoms with van der Waals surface area (Å²) in [6, 6.07) is 4.28. The van der Waals surface area contributed by atoms with Crippen LogP contribution in [0.15, 0.2) is 22.8 Å². The first kappa shape index (κ1) is 17.3. The van der Waals surface area contributed by atoms with E-state index in [1.54, 1.807) is 0 Å². The largest absolute Gasteiger partial charge is 0.444 e. The summed E-state index contributed by atoms with van der Waals surface area (Å²) < 4.78 is 8.68. The average Bonchev–Trinajstić information content (AvgIpc) is 2.83. The van der Waals surface area contributed by atoms with Gasteiger partial charge in [0.05, 0.1) is 11.0 Å². The summed E-state index contributed by atoms with van der Waals surface area (Å²) in [6.45, 7) is 7.17. The lowest BCUT2D eigenvalue weighted by atomic mass is 9.93. The number of halogens is 1. The quantitative estimate of drug-likeness (QED) is 0.718. The van der Waals surface area contributed by atoms with Gasteiger partial charge in [-0.15, -0.1) is 0 Å². The molecule has 1 aliphatic heterocycles. The fourth-order valence-electron chi connectivity index (χ4n) is 3.27. The van der Waals surface area contributed by atoms with Crippen LogP contribution in [0.4, 0.5) is 4.79 Å². The summed E-state index contributed by atoms with van der Waals surface area (Å²) in [5.74, 6) is 0.446. The Kier molecular flexibility index (Phi) is 4.60. The molecule has 1 amide bonds. The van der Waals surface area contributed by atoms with Gasteiger partial charge in [-0.1, -0.05) is 0 Å². The first-order valence-corrected chi connectivity index (χ1v) is 9.13. The number of ether oxygens (including phenoxy) is 1. The first-order valence-electron chi connectivity index (χ1n) is 8.33. The van der Waals surface area contributed by atoms with Crippen molar-refractivity contribution in [3.8, 4) is 0 Å². The van der Waals surface area contributed by atoms with Crippen molar-refractivity contribution in [1.29, 1.82) is 0 Å². The Morgan fingerprint density at radius 3 is 2.58 bits per heavy atom. The van der Waals surface area contributed by atoms with Crippen LogP contribution in [0.1, 0.15) is 45.2 Å². The van der Waals surface area contributed by atoms with Crippen LogP contribution in [0.25, 0.3) is 11.0 Å². The summed E-state index contributed by atoms with van der Waals surface area (Å²) in [7, 11) is 2.09. The van der Waals surface area contributed by atoms with Gasteiger partial charge < -0.3 is 14.2 Å². The number of pyridine rings is 1. The maximum absolute atomic E-state index is 12.2. The van der Waals surface area contributed by atoms with Gasteiger partial charge in [0.15, 0.2) is 0 Å². The van der Waals surface area contributed by atoms with Gasteiger partial charge in [-0.3, -0.25) is 4.98 Å². The molecule has 5 nitrogen and oxygen atoms in total. The molecule has 2 aromatic rings. The molecule has 1 aliphatic rings. The van der Waals surface area contributed by atoms with Crippen molar-refractivity contribution in [3.05, 3.63) is 28.5 Å². The second-order valence-electron chi connectivity index (χ2n) is 7.43. The molecular formula is C18H24BrN3O2. The van der Waals surface area contributed by atoms with Crippen LogP contribution in [-0.4, -0.2) is 39.2 Å². The normalized spacial score (nSPS) is 16.6. The van der Waals surface area contributed by atoms with E-state index < -0.39 is 5.60 Å². The Bertz CT molecular complexity index is 755. The van der Waals surface area contributed by atoms with E-state index in [-0.39, 0.29) is 6.09 Å². The highest BCUT2D eigenvalue weighted by Gasteiger charge is 2.28. The number of aromatic nitrogens is 2. The third kappa shape index (κ3) is 3.58. The standard InChI is InChI=1S/C18H24BrN3O2/c1-18(2,3)24-17(23)22-7-5-12(6-8-22)15-10-14-16(21(15)4)9-13(19)11-20-14/h9-12H,5-8H2,1-4H3. The fourth-order valence-corrected chi connectivity index (χ4v) is 3.59. The van der Waals surface area contributed by atoms with Crippen molar-refractivity contribution in [2.24, 2.45) is 7.05 Å². The van der Waals surface area contributed by atoms with Gasteiger partial charge in [-0.2, -0.15) is 0 Å². The second-order valence-corrected chi connectivity index (χ2v) is 8.34. The minimum absolute atomic E-state index is 0.205. The third-order valence-corrected chi connectivity index (χ3v) is 4.90. The van der Waals surface area contributed by atoms with Crippen molar-refractivity contribution < 1.29 is 9.53 Å². The number of amides is 1. The number of likely N-dealkylation sites (tertiary alicyclic amines) is 1. The molecule has 6 heteroatoms. The van der Waals surface area contributed by atoms with Gasteiger partial charge in [0.1, 0.15) is 5.60 Å². The molecule has 1 saturated heterocycles. The lowest BCUT2D eigenvalue weighted by Crippen LogP contribution is -2.41. The molecule has 0 spiro atoms. The van der Waals surface area contributed by atoms with Crippen LogP contribution in [0.5, 0.6) is 0 Å². The van der Waals surface area contributed by atoms with E-state index in [1.807, 2.05) is 31.9 Å². The Morgan fingerprint density at radius 2 is 1.96 bits per heavy atom. The maximum atomic E-state index is 12.2. The SMILES string of the molecule is Cn1c(C2CCN(C(=O)OC(C)(C)C)CC2)cc2ncc(Br)cc21. The maximum Gasteiger partial charge on any atom is 0.410 e. The van der Waals surface area contributed by atoms with Gasteiger partial charge in [0, 0.05) is 42.4 Å². The summed E-state index contributed by atoms with van der Waals surface area (Å²) in [5, 5.41) is 0. The number of aryl methyl sites for hydroxylation is 1. The number of hydrogen-bond donors (Lipinski definition) is 0. The fraction of sp³-hybridized carbons (Fsp3) is 0.556. The highest BCUT2D eigenvalue weighted by molar-refractivity contribution is 9.10. The van der Waals surface area contributed by atoms with Gasteiger partial charge in [0.25, 0.3) is 0 Å². The van der Waals surface area contributed by atoms with E-state index in [0.29, 0.717) is 5.92 Å². The van der Waals surface area contributed by atoms with Gasteiger partial charge in [-0.25, -0.2) is 4.79 Å². The van der Waals surface area contributed by atoms with Crippen molar-refractivity contribution >= 4 is 33.1 Å². The van der Waals surface area contributed by atoms with Crippen LogP contribution in [0.3, 0.4) is 0 Å². The molecule has 3 rings (SSSR count). The molecule has 0 saturated carbocycles. The van der Waals surface area contributed by atoms with Crippen LogP contribution in [0, 0.1) is 0 Å². The number of fused-ring (bicyclic) bond motifs is 1. The van der Waals surface area contributed by atoms with Crippen LogP contribution in [-0.2, 0) is 11.8 Å². The molecule has 0 aliphatic carbocycles. The molecule has 1 fully saturated rings. The first-order chi connectivity index (χ1) is 11.2. The van der Waals surface area contributed by atoms with E-state index >= 15 is 0 Å². The molecule has 2 aromatic heterocycles. The highest BCUT2D eigenvalue weighted by atomic mass is 79.9. The molecule has 0 unspecified atom stereocenters. The van der Waals surface area contributed by atoms with Crippen LogP contribution >= 0.6 is 15.9 Å². The van der Waals surface area contributed by atoms with Crippen molar-refractivity contribution in [2.45, 2.75) is 45.1 Å². The lowest BCUT2D eigenvalue weighted by Gasteiger charge is -2.33. The zero-order valence-corrected chi connectivity index (χ0v) is 16.3. The van der Waals surface area contributed by atoms with Crippen LogP contribution < -0.4 is 0 Å². The number of carbonyl (C=O) groups is 1. The molecule has 3 heterocycles. The lowest BCUT2D eigenvalue weighted by molar-refractivity contribution is 0.0203. The minimum Gasteiger partial charge on any atom is -0.444 e. The van der Waals surface area contributed by atoms with Gasteiger partial charge in [-0.05, 0) is 61.7 Å². The third-order valence-electron chi connectivity index (χ3n) is 4.46. The molecule has 24 heavy (non-hydrogen) atoms. The average molecular weight is 394 g/mol. The molecule has 0 N–H and O–H groups in total. The molecule has 130 valence electrons.